The van der Waals surface area contributed by atoms with Gasteiger partial charge < -0.3 is 0 Å². The van der Waals surface area contributed by atoms with E-state index in [1.165, 1.54) is 27.3 Å². The van der Waals surface area contributed by atoms with Crippen LogP contribution in [0.1, 0.15) is 201 Å². The van der Waals surface area contributed by atoms with Crippen molar-refractivity contribution in [2.75, 3.05) is 0 Å². The number of hydrogen-bond donors (Lipinski definition) is 0. The van der Waals surface area contributed by atoms with Crippen LogP contribution < -0.4 is 0 Å². The topological polar surface area (TPSA) is 38.7 Å². The second kappa shape index (κ2) is 79.0. The van der Waals surface area contributed by atoms with Crippen LogP contribution in [0, 0.1) is 13.8 Å². The molecule has 0 saturated carbocycles. The maximum Gasteiger partial charge on any atom is 0.0701 e. The van der Waals surface area contributed by atoms with Gasteiger partial charge in [-0.1, -0.05) is 299 Å². The van der Waals surface area contributed by atoms with Crippen LogP contribution in [0.2, 0.25) is 0 Å². The first kappa shape index (κ1) is 88.2. The minimum absolute atomic E-state index is 0. The first-order valence-electron chi connectivity index (χ1n) is 27.0. The highest BCUT2D eigenvalue weighted by Gasteiger charge is 1.91. The van der Waals surface area contributed by atoms with Gasteiger partial charge in [0, 0.05) is 36.4 Å². The molecule has 0 atom stereocenters. The van der Waals surface area contributed by atoms with Gasteiger partial charge in [-0.15, -0.1) is 0 Å². The van der Waals surface area contributed by atoms with Gasteiger partial charge in [-0.05, 0) is 117 Å². The molecule has 0 amide bonds. The molecule has 3 nitrogen and oxygen atoms in total. The first-order chi connectivity index (χ1) is 35.2. The molecule has 0 radical (unpaired) electrons. The van der Waals surface area contributed by atoms with Crippen LogP contribution in [0.4, 0.5) is 0 Å². The van der Waals surface area contributed by atoms with E-state index in [1.54, 1.807) is 31.7 Å². The van der Waals surface area contributed by atoms with E-state index >= 15 is 0 Å². The van der Waals surface area contributed by atoms with Crippen molar-refractivity contribution < 1.29 is 2.74 Å². The summed E-state index contributed by atoms with van der Waals surface area (Å²) in [6.07, 6.45) is 8.86. The van der Waals surface area contributed by atoms with E-state index in [0.717, 1.165) is 27.8 Å². The van der Waals surface area contributed by atoms with Gasteiger partial charge in [0.1, 0.15) is 0 Å². The van der Waals surface area contributed by atoms with Crippen LogP contribution in [0.25, 0.3) is 32.8 Å². The van der Waals surface area contributed by atoms with Crippen molar-refractivity contribution in [1.29, 1.82) is 0 Å². The average Bonchev–Trinajstić information content (AvgIpc) is 3.48. The van der Waals surface area contributed by atoms with Crippen molar-refractivity contribution >= 4 is 32.8 Å². The Bertz CT molecular complexity index is 2020. The molecule has 424 valence electrons. The molecule has 3 heterocycles. The van der Waals surface area contributed by atoms with E-state index < -0.39 is 0 Å². The fourth-order valence-corrected chi connectivity index (χ4v) is 4.69. The number of hydrogen-bond acceptors (Lipinski definition) is 3. The van der Waals surface area contributed by atoms with Crippen LogP contribution in [0.3, 0.4) is 0 Å². The minimum Gasteiger partial charge on any atom is -0.265 e. The SMILES string of the molecule is C.C.C.C.C.CC.CC.CC.CC.CC.CC.CC.CC.Cc1ccccc1.Cc1ccncc1.[2H]/C(C)=C(\C)c1ccccc1.[2H]/C(C)=C(\C)c1ccncc1.c1ccc2ccccc2c1.c1ccc2ncccc2c1. The molecular weight excluding hydrogens is 907 g/mol. The molecule has 0 aliphatic rings. The average molecular weight is 1030 g/mol. The molecule has 0 fully saturated rings. The second-order valence-electron chi connectivity index (χ2n) is 12.1. The quantitative estimate of drug-likeness (QED) is 0.173. The Hall–Kier alpha value is -6.45. The third-order valence-corrected chi connectivity index (χ3v) is 8.03. The Morgan fingerprint density at radius 1 is 0.320 bits per heavy atom. The fourth-order valence-electron chi connectivity index (χ4n) is 4.69. The molecule has 0 aliphatic carbocycles. The van der Waals surface area contributed by atoms with Gasteiger partial charge in [0.25, 0.3) is 0 Å². The van der Waals surface area contributed by atoms with Crippen molar-refractivity contribution in [1.82, 2.24) is 15.0 Å². The largest absolute Gasteiger partial charge is 0.265 e. The molecule has 0 saturated heterocycles. The monoisotopic (exact) mass is 1030 g/mol. The standard InChI is InChI=1S/C10H8.C10H12.C9H7N.C9H11N.C7H8.C6H7N.8C2H6.5CH4/c1-2-6-10-8-4-3-7-9(10)5-1;1-3-9(2)10-7-5-4-6-8-10;1-2-6-9-8(4-1)5-3-7-10-9;1-3-8(2)9-4-6-10-7-5-9;1-7-5-3-2-4-6-7;1-6-2-4-7-5-3-6;8*1-2;;;;;/h1-8H;3-8H,1-2H3;1-7H;3-7H,1-2H3;2-6H,1H3;2-5H,1H3;8*1-2H3;5*1H4/b;9-3-;;8-3-;;;;;;;;;;;;;;;/i;3D;;3D;;;;;;;;;;;;;;;. The molecule has 0 bridgehead atoms. The van der Waals surface area contributed by atoms with Crippen molar-refractivity contribution in [2.24, 2.45) is 0 Å². The van der Waals surface area contributed by atoms with Crippen LogP contribution >= 0.6 is 0 Å². The van der Waals surface area contributed by atoms with E-state index in [2.05, 4.69) is 94.7 Å². The van der Waals surface area contributed by atoms with Crippen LogP contribution in [-0.4, -0.2) is 15.0 Å². The van der Waals surface area contributed by atoms with Gasteiger partial charge in [0.2, 0.25) is 0 Å². The number of nitrogens with zero attached hydrogens (tertiary/aromatic N) is 3. The molecule has 3 heteroatoms. The number of fused-ring (bicyclic) bond motifs is 2. The second-order valence-corrected chi connectivity index (χ2v) is 12.1. The third kappa shape index (κ3) is 53.7. The number of pyridine rings is 3. The molecule has 75 heavy (non-hydrogen) atoms. The molecule has 8 rings (SSSR count). The van der Waals surface area contributed by atoms with Gasteiger partial charge in [0.05, 0.1) is 8.26 Å². The number of rotatable bonds is 2. The summed E-state index contributed by atoms with van der Waals surface area (Å²) >= 11 is 0. The zero-order valence-electron chi connectivity index (χ0n) is 50.4. The smallest absolute Gasteiger partial charge is 0.0701 e. The summed E-state index contributed by atoms with van der Waals surface area (Å²) in [5, 5.41) is 3.82. The lowest BCUT2D eigenvalue weighted by Gasteiger charge is -1.97. The summed E-state index contributed by atoms with van der Waals surface area (Å²) in [6.45, 7) is 43.6. The lowest BCUT2D eigenvalue weighted by molar-refractivity contribution is 1.29. The predicted molar refractivity (Wildman–Crippen MR) is 360 cm³/mol. The highest BCUT2D eigenvalue weighted by molar-refractivity contribution is 5.82. The Labute approximate surface area is 473 Å². The first-order valence-corrected chi connectivity index (χ1v) is 26.0. The fraction of sp³-hybridized carbons (Fsp3) is 0.375. The van der Waals surface area contributed by atoms with Crippen LogP contribution in [0.15, 0.2) is 213 Å². The zero-order valence-corrected chi connectivity index (χ0v) is 48.4. The van der Waals surface area contributed by atoms with Gasteiger partial charge in [-0.25, -0.2) is 0 Å². The normalized spacial score (nSPS) is 8.67. The Kier molecular flexibility index (Phi) is 92.9. The van der Waals surface area contributed by atoms with Gasteiger partial charge in [0.15, 0.2) is 0 Å². The molecular formula is C72H121N3. The number of aromatic nitrogens is 3. The summed E-state index contributed by atoms with van der Waals surface area (Å²) < 4.78 is 14.8. The third-order valence-electron chi connectivity index (χ3n) is 8.03. The number of aryl methyl sites for hydroxylation is 2. The summed E-state index contributed by atoms with van der Waals surface area (Å²) in [5.74, 6) is 0. The minimum atomic E-state index is 0. The summed E-state index contributed by atoms with van der Waals surface area (Å²) in [4.78, 5) is 11.9. The molecule has 8 aromatic rings. The molecule has 0 unspecified atom stereocenters. The summed E-state index contributed by atoms with van der Waals surface area (Å²) in [6, 6.07) is 58.1. The van der Waals surface area contributed by atoms with Gasteiger partial charge >= 0.3 is 0 Å². The highest BCUT2D eigenvalue weighted by atomic mass is 14.6. The zero-order chi connectivity index (χ0) is 56.4. The number of para-hydroxylation sites is 1. The maximum atomic E-state index is 7.40. The number of benzene rings is 5. The van der Waals surface area contributed by atoms with Crippen molar-refractivity contribution in [3.63, 3.8) is 0 Å². The van der Waals surface area contributed by atoms with Crippen molar-refractivity contribution in [3.05, 3.63) is 235 Å². The molecule has 0 spiro atoms. The summed E-state index contributed by atoms with van der Waals surface area (Å²) in [7, 11) is 0. The van der Waals surface area contributed by atoms with E-state index in [-0.39, 0.29) is 37.1 Å². The van der Waals surface area contributed by atoms with E-state index in [1.807, 2.05) is 242 Å². The predicted octanol–water partition coefficient (Wildman–Crippen LogP) is 25.5. The molecule has 0 N–H and O–H groups in total. The van der Waals surface area contributed by atoms with Gasteiger partial charge in [-0.3, -0.25) is 15.0 Å². The lowest BCUT2D eigenvalue weighted by atomic mass is 10.1. The van der Waals surface area contributed by atoms with Crippen molar-refractivity contribution in [3.8, 4) is 0 Å². The highest BCUT2D eigenvalue weighted by Crippen LogP contribution is 2.13. The Morgan fingerprint density at radius 2 is 0.587 bits per heavy atom. The lowest BCUT2D eigenvalue weighted by Crippen LogP contribution is -1.77. The van der Waals surface area contributed by atoms with E-state index in [0.29, 0.717) is 12.1 Å². The van der Waals surface area contributed by atoms with E-state index in [4.69, 9.17) is 2.74 Å². The van der Waals surface area contributed by atoms with E-state index in [9.17, 15) is 0 Å². The van der Waals surface area contributed by atoms with Crippen LogP contribution in [-0.2, 0) is 0 Å². The molecule has 0 aliphatic heterocycles. The van der Waals surface area contributed by atoms with Gasteiger partial charge in [-0.2, -0.15) is 0 Å². The summed E-state index contributed by atoms with van der Waals surface area (Å²) in [5.41, 5.74) is 7.91. The number of allylic oxidation sites excluding steroid dienone is 4. The van der Waals surface area contributed by atoms with Crippen molar-refractivity contribution in [2.45, 2.75) is 189 Å². The Morgan fingerprint density at radius 3 is 0.880 bits per heavy atom. The molecule has 3 aromatic heterocycles. The molecule has 5 aromatic carbocycles. The Balaban J connectivity index is -0.0000000710. The maximum absolute atomic E-state index is 7.40. The van der Waals surface area contributed by atoms with Crippen LogP contribution in [0.5, 0.6) is 0 Å².